The molecule has 2 aromatic rings. The minimum Gasteiger partial charge on any atom is -0.324 e. The molecule has 1 fully saturated rings. The van der Waals surface area contributed by atoms with Crippen molar-refractivity contribution in [2.45, 2.75) is 19.8 Å². The molecule has 2 heterocycles. The van der Waals surface area contributed by atoms with E-state index in [1.807, 2.05) is 36.1 Å². The summed E-state index contributed by atoms with van der Waals surface area (Å²) in [5, 5.41) is 2.98. The Hall–Kier alpha value is -2.76. The minimum absolute atomic E-state index is 0.0651. The molecule has 0 radical (unpaired) electrons. The average molecular weight is 338 g/mol. The first-order valence-corrected chi connectivity index (χ1v) is 8.70. The number of aryl methyl sites for hydroxylation is 1. The Kier molecular flexibility index (Phi) is 3.95. The molecular formula is C19H22N4O2. The van der Waals surface area contributed by atoms with Crippen molar-refractivity contribution in [2.24, 2.45) is 11.8 Å². The Balaban J connectivity index is 1.49. The van der Waals surface area contributed by atoms with Crippen molar-refractivity contribution in [1.29, 1.82) is 0 Å². The summed E-state index contributed by atoms with van der Waals surface area (Å²) in [5.74, 6) is 1.17. The summed E-state index contributed by atoms with van der Waals surface area (Å²) >= 11 is 0. The molecule has 1 saturated heterocycles. The molecule has 2 amide bonds. The predicted octanol–water partition coefficient (Wildman–Crippen LogP) is 2.90. The summed E-state index contributed by atoms with van der Waals surface area (Å²) in [6.07, 6.45) is 8.26. The van der Waals surface area contributed by atoms with E-state index in [1.165, 1.54) is 0 Å². The fourth-order valence-corrected chi connectivity index (χ4v) is 3.88. The molecule has 6 nitrogen and oxygen atoms in total. The molecule has 1 aromatic heterocycles. The molecule has 4 rings (SSSR count). The zero-order valence-corrected chi connectivity index (χ0v) is 14.2. The van der Waals surface area contributed by atoms with E-state index in [9.17, 15) is 9.59 Å². The summed E-state index contributed by atoms with van der Waals surface area (Å²) in [4.78, 5) is 29.1. The predicted molar refractivity (Wildman–Crippen MR) is 97.1 cm³/mol. The first kappa shape index (κ1) is 15.7. The van der Waals surface area contributed by atoms with Crippen LogP contribution >= 0.6 is 0 Å². The number of carbonyl (C=O) groups is 1. The van der Waals surface area contributed by atoms with Gasteiger partial charge in [0.05, 0.1) is 5.69 Å². The van der Waals surface area contributed by atoms with Crippen LogP contribution in [0.25, 0.3) is 5.69 Å². The van der Waals surface area contributed by atoms with Crippen LogP contribution in [0, 0.1) is 18.8 Å². The maximum absolute atomic E-state index is 12.6. The number of aromatic nitrogens is 2. The summed E-state index contributed by atoms with van der Waals surface area (Å²) < 4.78 is 1.59. The number of aromatic amines is 1. The van der Waals surface area contributed by atoms with E-state index in [0.717, 1.165) is 37.3 Å². The van der Waals surface area contributed by atoms with Crippen LogP contribution in [0.1, 0.15) is 18.5 Å². The molecule has 0 bridgehead atoms. The van der Waals surface area contributed by atoms with Crippen LogP contribution in [-0.4, -0.2) is 33.6 Å². The summed E-state index contributed by atoms with van der Waals surface area (Å²) in [6.45, 7) is 3.50. The van der Waals surface area contributed by atoms with Crippen LogP contribution < -0.4 is 11.0 Å². The van der Waals surface area contributed by atoms with Gasteiger partial charge in [-0.3, -0.25) is 4.57 Å². The highest BCUT2D eigenvalue weighted by atomic mass is 16.2. The normalized spacial score (nSPS) is 22.0. The molecule has 1 aliphatic heterocycles. The summed E-state index contributed by atoms with van der Waals surface area (Å²) in [7, 11) is 0. The summed E-state index contributed by atoms with van der Waals surface area (Å²) in [6, 6.07) is 7.31. The number of amides is 2. The molecule has 2 aliphatic rings. The van der Waals surface area contributed by atoms with Gasteiger partial charge < -0.3 is 15.2 Å². The lowest BCUT2D eigenvalue weighted by molar-refractivity contribution is 0.220. The molecule has 2 unspecified atom stereocenters. The Labute approximate surface area is 146 Å². The Bertz CT molecular complexity index is 864. The van der Waals surface area contributed by atoms with Crippen LogP contribution in [0.3, 0.4) is 0 Å². The molecule has 2 N–H and O–H groups in total. The molecular weight excluding hydrogens is 316 g/mol. The van der Waals surface area contributed by atoms with Gasteiger partial charge in [0.1, 0.15) is 0 Å². The number of hydrogen-bond acceptors (Lipinski definition) is 2. The van der Waals surface area contributed by atoms with Gasteiger partial charge in [-0.1, -0.05) is 18.2 Å². The second kappa shape index (κ2) is 6.27. The van der Waals surface area contributed by atoms with Gasteiger partial charge >= 0.3 is 11.7 Å². The standard InChI is InChI=1S/C19H22N4O2/c1-13-10-20-18(24)23(13)17-8-4-7-16(9-17)21-19(25)22-11-14-5-2-3-6-15(14)12-22/h2-4,7-10,14-15H,5-6,11-12H2,1H3,(H,20,24)(H,21,25). The van der Waals surface area contributed by atoms with Gasteiger partial charge in [0.15, 0.2) is 0 Å². The second-order valence-corrected chi connectivity index (χ2v) is 6.92. The minimum atomic E-state index is -0.183. The van der Waals surface area contributed by atoms with Gasteiger partial charge in [-0.2, -0.15) is 0 Å². The van der Waals surface area contributed by atoms with Gasteiger partial charge in [0, 0.05) is 30.7 Å². The first-order valence-electron chi connectivity index (χ1n) is 8.70. The second-order valence-electron chi connectivity index (χ2n) is 6.92. The van der Waals surface area contributed by atoms with Crippen LogP contribution in [-0.2, 0) is 0 Å². The number of likely N-dealkylation sites (tertiary alicyclic amines) is 1. The SMILES string of the molecule is Cc1c[nH]c(=O)n1-c1cccc(NC(=O)N2CC3CC=CCC3C2)c1. The van der Waals surface area contributed by atoms with E-state index >= 15 is 0 Å². The maximum Gasteiger partial charge on any atom is 0.330 e. The van der Waals surface area contributed by atoms with E-state index in [0.29, 0.717) is 17.5 Å². The highest BCUT2D eigenvalue weighted by Crippen LogP contribution is 2.33. The number of nitrogens with zero attached hydrogens (tertiary/aromatic N) is 2. The highest BCUT2D eigenvalue weighted by Gasteiger charge is 2.35. The number of carbonyl (C=O) groups excluding carboxylic acids is 1. The Morgan fingerprint density at radius 1 is 1.20 bits per heavy atom. The lowest BCUT2D eigenvalue weighted by Gasteiger charge is -2.17. The fraction of sp³-hybridized carbons (Fsp3) is 0.368. The van der Waals surface area contributed by atoms with E-state index in [-0.39, 0.29) is 11.7 Å². The van der Waals surface area contributed by atoms with Gasteiger partial charge in [0.2, 0.25) is 0 Å². The van der Waals surface area contributed by atoms with Gasteiger partial charge in [-0.15, -0.1) is 0 Å². The van der Waals surface area contributed by atoms with Gasteiger partial charge in [-0.05, 0) is 49.8 Å². The molecule has 0 saturated carbocycles. The van der Waals surface area contributed by atoms with Crippen LogP contribution in [0.5, 0.6) is 0 Å². The molecule has 1 aromatic carbocycles. The van der Waals surface area contributed by atoms with Crippen LogP contribution in [0.4, 0.5) is 10.5 Å². The van der Waals surface area contributed by atoms with Crippen molar-refractivity contribution < 1.29 is 4.79 Å². The van der Waals surface area contributed by atoms with E-state index in [4.69, 9.17) is 0 Å². The first-order chi connectivity index (χ1) is 12.1. The van der Waals surface area contributed by atoms with Crippen LogP contribution in [0.2, 0.25) is 0 Å². The third-order valence-corrected chi connectivity index (χ3v) is 5.22. The zero-order chi connectivity index (χ0) is 17.4. The number of allylic oxidation sites excluding steroid dienone is 2. The number of imidazole rings is 1. The lowest BCUT2D eigenvalue weighted by Crippen LogP contribution is -2.33. The summed E-state index contributed by atoms with van der Waals surface area (Å²) in [5.41, 5.74) is 2.07. The van der Waals surface area contributed by atoms with E-state index in [1.54, 1.807) is 10.8 Å². The quantitative estimate of drug-likeness (QED) is 0.827. The highest BCUT2D eigenvalue weighted by molar-refractivity contribution is 5.89. The Morgan fingerprint density at radius 2 is 1.92 bits per heavy atom. The van der Waals surface area contributed by atoms with Gasteiger partial charge in [0.25, 0.3) is 0 Å². The molecule has 25 heavy (non-hydrogen) atoms. The number of rotatable bonds is 2. The molecule has 6 heteroatoms. The largest absolute Gasteiger partial charge is 0.330 e. The van der Waals surface area contributed by atoms with Crippen molar-refractivity contribution in [1.82, 2.24) is 14.5 Å². The van der Waals surface area contributed by atoms with Crippen molar-refractivity contribution in [3.8, 4) is 5.69 Å². The number of fused-ring (bicyclic) bond motifs is 1. The average Bonchev–Trinajstić information content (AvgIpc) is 3.18. The monoisotopic (exact) mass is 338 g/mol. The number of hydrogen-bond donors (Lipinski definition) is 2. The lowest BCUT2D eigenvalue weighted by atomic mass is 9.86. The number of nitrogens with one attached hydrogen (secondary N) is 2. The van der Waals surface area contributed by atoms with Crippen LogP contribution in [0.15, 0.2) is 47.4 Å². The smallest absolute Gasteiger partial charge is 0.324 e. The Morgan fingerprint density at radius 3 is 2.56 bits per heavy atom. The number of benzene rings is 1. The van der Waals surface area contributed by atoms with Crippen molar-refractivity contribution in [3.63, 3.8) is 0 Å². The molecule has 130 valence electrons. The molecule has 1 aliphatic carbocycles. The topological polar surface area (TPSA) is 70.1 Å². The van der Waals surface area contributed by atoms with Crippen molar-refractivity contribution >= 4 is 11.7 Å². The number of urea groups is 1. The van der Waals surface area contributed by atoms with E-state index in [2.05, 4.69) is 22.5 Å². The molecule has 2 atom stereocenters. The third kappa shape index (κ3) is 2.99. The maximum atomic E-state index is 12.6. The third-order valence-electron chi connectivity index (χ3n) is 5.22. The molecule has 0 spiro atoms. The van der Waals surface area contributed by atoms with E-state index < -0.39 is 0 Å². The van der Waals surface area contributed by atoms with Crippen molar-refractivity contribution in [2.75, 3.05) is 18.4 Å². The van der Waals surface area contributed by atoms with Gasteiger partial charge in [-0.25, -0.2) is 9.59 Å². The zero-order valence-electron chi connectivity index (χ0n) is 14.2. The number of H-pyrrole nitrogens is 1. The fourth-order valence-electron chi connectivity index (χ4n) is 3.88. The number of anilines is 1. The van der Waals surface area contributed by atoms with Crippen molar-refractivity contribution in [3.05, 3.63) is 58.8 Å².